The Morgan fingerprint density at radius 3 is 2.71 bits per heavy atom. The highest BCUT2D eigenvalue weighted by Crippen LogP contribution is 2.23. The second-order valence-corrected chi connectivity index (χ2v) is 3.88. The molecule has 0 spiro atoms. The zero-order valence-electron chi connectivity index (χ0n) is 8.50. The Kier molecular flexibility index (Phi) is 3.24. The molecule has 1 aliphatic carbocycles. The Bertz CT molecular complexity index is 326. The van der Waals surface area contributed by atoms with Gasteiger partial charge >= 0.3 is 0 Å². The smallest absolute Gasteiger partial charge is 0.0452 e. The van der Waals surface area contributed by atoms with Crippen LogP contribution in [0.2, 0.25) is 0 Å². The molecule has 0 bridgehead atoms. The fourth-order valence-electron chi connectivity index (χ4n) is 1.94. The van der Waals surface area contributed by atoms with Crippen LogP contribution in [0.5, 0.6) is 0 Å². The SMILES string of the molecule is C1#CC(c2ccccc2)CCCCC1. The van der Waals surface area contributed by atoms with Crippen LogP contribution >= 0.6 is 0 Å². The molecule has 1 atom stereocenters. The monoisotopic (exact) mass is 184 g/mol. The van der Waals surface area contributed by atoms with E-state index in [1.165, 1.54) is 31.2 Å². The summed E-state index contributed by atoms with van der Waals surface area (Å²) in [6.07, 6.45) is 6.28. The van der Waals surface area contributed by atoms with Gasteiger partial charge < -0.3 is 0 Å². The predicted molar refractivity (Wildman–Crippen MR) is 60.0 cm³/mol. The molecule has 0 saturated carbocycles. The lowest BCUT2D eigenvalue weighted by molar-refractivity contribution is 0.615. The first-order chi connectivity index (χ1) is 6.97. The van der Waals surface area contributed by atoms with Crippen LogP contribution in [0.3, 0.4) is 0 Å². The largest absolute Gasteiger partial charge is 0.103 e. The van der Waals surface area contributed by atoms with Crippen LogP contribution in [0, 0.1) is 11.8 Å². The molecule has 1 aliphatic rings. The molecule has 0 nitrogen and oxygen atoms in total. The van der Waals surface area contributed by atoms with E-state index in [1.54, 1.807) is 0 Å². The van der Waals surface area contributed by atoms with E-state index in [0.29, 0.717) is 5.92 Å². The van der Waals surface area contributed by atoms with Crippen LogP contribution in [0.1, 0.15) is 43.6 Å². The molecule has 0 heterocycles. The third-order valence-corrected chi connectivity index (χ3v) is 2.77. The van der Waals surface area contributed by atoms with E-state index >= 15 is 0 Å². The van der Waals surface area contributed by atoms with Crippen LogP contribution < -0.4 is 0 Å². The molecule has 0 saturated heterocycles. The van der Waals surface area contributed by atoms with Gasteiger partial charge in [0.25, 0.3) is 0 Å². The summed E-state index contributed by atoms with van der Waals surface area (Å²) in [5.41, 5.74) is 1.39. The number of benzene rings is 1. The third-order valence-electron chi connectivity index (χ3n) is 2.77. The van der Waals surface area contributed by atoms with Crippen molar-refractivity contribution in [2.24, 2.45) is 0 Å². The average Bonchev–Trinajstić information content (AvgIpc) is 2.18. The van der Waals surface area contributed by atoms with E-state index in [2.05, 4.69) is 42.2 Å². The van der Waals surface area contributed by atoms with Gasteiger partial charge in [0.05, 0.1) is 0 Å². The van der Waals surface area contributed by atoms with Crippen molar-refractivity contribution in [3.05, 3.63) is 35.9 Å². The maximum Gasteiger partial charge on any atom is 0.0452 e. The zero-order valence-corrected chi connectivity index (χ0v) is 8.50. The molecule has 0 heteroatoms. The second-order valence-electron chi connectivity index (χ2n) is 3.88. The van der Waals surface area contributed by atoms with Gasteiger partial charge in [-0.2, -0.15) is 0 Å². The summed E-state index contributed by atoms with van der Waals surface area (Å²) in [6, 6.07) is 10.7. The first kappa shape index (κ1) is 9.34. The number of hydrogen-bond acceptors (Lipinski definition) is 0. The fourth-order valence-corrected chi connectivity index (χ4v) is 1.94. The van der Waals surface area contributed by atoms with Gasteiger partial charge in [0.1, 0.15) is 0 Å². The Morgan fingerprint density at radius 2 is 1.86 bits per heavy atom. The molecular formula is C14H16. The van der Waals surface area contributed by atoms with Crippen LogP contribution in [-0.2, 0) is 0 Å². The van der Waals surface area contributed by atoms with Crippen molar-refractivity contribution in [1.29, 1.82) is 0 Å². The first-order valence-electron chi connectivity index (χ1n) is 5.50. The summed E-state index contributed by atoms with van der Waals surface area (Å²) in [5, 5.41) is 0. The van der Waals surface area contributed by atoms with E-state index in [1.807, 2.05) is 0 Å². The molecule has 1 aromatic rings. The highest BCUT2D eigenvalue weighted by Gasteiger charge is 2.08. The minimum absolute atomic E-state index is 0.483. The van der Waals surface area contributed by atoms with Crippen molar-refractivity contribution in [2.75, 3.05) is 0 Å². The molecule has 14 heavy (non-hydrogen) atoms. The van der Waals surface area contributed by atoms with Gasteiger partial charge in [-0.25, -0.2) is 0 Å². The van der Waals surface area contributed by atoms with Crippen LogP contribution in [0.4, 0.5) is 0 Å². The summed E-state index contributed by atoms with van der Waals surface area (Å²) >= 11 is 0. The normalized spacial score (nSPS) is 21.6. The summed E-state index contributed by atoms with van der Waals surface area (Å²) in [5.74, 6) is 7.16. The summed E-state index contributed by atoms with van der Waals surface area (Å²) in [7, 11) is 0. The first-order valence-corrected chi connectivity index (χ1v) is 5.50. The van der Waals surface area contributed by atoms with Crippen molar-refractivity contribution >= 4 is 0 Å². The van der Waals surface area contributed by atoms with Gasteiger partial charge in [-0.1, -0.05) is 49.1 Å². The van der Waals surface area contributed by atoms with E-state index in [9.17, 15) is 0 Å². The highest BCUT2D eigenvalue weighted by atomic mass is 14.1. The van der Waals surface area contributed by atoms with E-state index in [0.717, 1.165) is 6.42 Å². The molecule has 72 valence electrons. The van der Waals surface area contributed by atoms with Crippen molar-refractivity contribution in [3.63, 3.8) is 0 Å². The van der Waals surface area contributed by atoms with E-state index in [-0.39, 0.29) is 0 Å². The Morgan fingerprint density at radius 1 is 1.00 bits per heavy atom. The third kappa shape index (κ3) is 2.39. The van der Waals surface area contributed by atoms with Crippen molar-refractivity contribution in [2.45, 2.75) is 38.0 Å². The van der Waals surface area contributed by atoms with E-state index < -0.39 is 0 Å². The molecular weight excluding hydrogens is 168 g/mol. The highest BCUT2D eigenvalue weighted by molar-refractivity contribution is 5.27. The molecule has 2 rings (SSSR count). The van der Waals surface area contributed by atoms with Gasteiger partial charge in [-0.3, -0.25) is 0 Å². The summed E-state index contributed by atoms with van der Waals surface area (Å²) < 4.78 is 0. The fraction of sp³-hybridized carbons (Fsp3) is 0.429. The molecule has 0 N–H and O–H groups in total. The minimum atomic E-state index is 0.483. The van der Waals surface area contributed by atoms with Crippen LogP contribution in [0.25, 0.3) is 0 Å². The van der Waals surface area contributed by atoms with Crippen molar-refractivity contribution in [3.8, 4) is 11.8 Å². The molecule has 0 fully saturated rings. The van der Waals surface area contributed by atoms with Gasteiger partial charge in [-0.15, -0.1) is 5.92 Å². The molecule has 1 aromatic carbocycles. The Labute approximate surface area is 86.3 Å². The maximum atomic E-state index is 3.39. The number of hydrogen-bond donors (Lipinski definition) is 0. The zero-order chi connectivity index (χ0) is 9.64. The Balaban J connectivity index is 2.15. The topological polar surface area (TPSA) is 0 Å². The minimum Gasteiger partial charge on any atom is -0.103 e. The van der Waals surface area contributed by atoms with Gasteiger partial charge in [-0.05, 0) is 18.4 Å². The predicted octanol–water partition coefficient (Wildman–Crippen LogP) is 3.74. The second kappa shape index (κ2) is 4.86. The standard InChI is InChI=1S/C14H16/c1-2-5-9-13(10-6-3-1)14-11-7-4-8-12-14/h4,7-8,11-13H,1-3,5,9H2. The molecule has 0 aromatic heterocycles. The summed E-state index contributed by atoms with van der Waals surface area (Å²) in [4.78, 5) is 0. The van der Waals surface area contributed by atoms with E-state index in [4.69, 9.17) is 0 Å². The lowest BCUT2D eigenvalue weighted by Gasteiger charge is -2.12. The summed E-state index contributed by atoms with van der Waals surface area (Å²) in [6.45, 7) is 0. The van der Waals surface area contributed by atoms with Crippen LogP contribution in [0.15, 0.2) is 30.3 Å². The quantitative estimate of drug-likeness (QED) is 0.583. The van der Waals surface area contributed by atoms with Crippen LogP contribution in [-0.4, -0.2) is 0 Å². The maximum absolute atomic E-state index is 3.39. The van der Waals surface area contributed by atoms with Gasteiger partial charge in [0.2, 0.25) is 0 Å². The lowest BCUT2D eigenvalue weighted by Crippen LogP contribution is -1.97. The average molecular weight is 184 g/mol. The molecule has 0 radical (unpaired) electrons. The van der Waals surface area contributed by atoms with Crippen molar-refractivity contribution < 1.29 is 0 Å². The van der Waals surface area contributed by atoms with Crippen molar-refractivity contribution in [1.82, 2.24) is 0 Å². The molecule has 0 amide bonds. The number of rotatable bonds is 1. The van der Waals surface area contributed by atoms with Gasteiger partial charge in [0, 0.05) is 12.3 Å². The molecule has 1 unspecified atom stereocenters. The lowest BCUT2D eigenvalue weighted by atomic mass is 9.92. The Hall–Kier alpha value is -1.22. The van der Waals surface area contributed by atoms with Gasteiger partial charge in [0.15, 0.2) is 0 Å². The molecule has 0 aliphatic heterocycles.